The predicted octanol–water partition coefficient (Wildman–Crippen LogP) is 5.08. The lowest BCUT2D eigenvalue weighted by Crippen LogP contribution is -2.28. The highest BCUT2D eigenvalue weighted by Gasteiger charge is 2.36. The summed E-state index contributed by atoms with van der Waals surface area (Å²) in [6.45, 7) is 1.79. The maximum Gasteiger partial charge on any atom is 0.311 e. The van der Waals surface area contributed by atoms with Gasteiger partial charge in [-0.3, -0.25) is 14.4 Å². The minimum absolute atomic E-state index is 0.0365. The highest BCUT2D eigenvalue weighted by molar-refractivity contribution is 9.10. The van der Waals surface area contributed by atoms with Crippen molar-refractivity contribution in [1.29, 1.82) is 0 Å². The number of aryl methyl sites for hydroxylation is 1. The number of carbonyl (C=O) groups is 3. The Morgan fingerprint density at radius 2 is 1.59 bits per heavy atom. The van der Waals surface area contributed by atoms with Gasteiger partial charge in [-0.05, 0) is 67.6 Å². The second-order valence-electron chi connectivity index (χ2n) is 7.98. The summed E-state index contributed by atoms with van der Waals surface area (Å²) >= 11 is 3.32. The Morgan fingerprint density at radius 3 is 2.24 bits per heavy atom. The molecule has 0 aromatic heterocycles. The minimum Gasteiger partial charge on any atom is -0.457 e. The molecule has 1 aliphatic heterocycles. The summed E-state index contributed by atoms with van der Waals surface area (Å²) in [6.07, 6.45) is 0.0365. The first kappa shape index (κ1) is 23.5. The first-order valence-corrected chi connectivity index (χ1v) is 11.5. The number of halogens is 1. The van der Waals surface area contributed by atoms with Gasteiger partial charge in [0.1, 0.15) is 11.5 Å². The maximum atomic E-state index is 12.5. The number of ether oxygens (including phenoxy) is 2. The van der Waals surface area contributed by atoms with Crippen molar-refractivity contribution in [3.8, 4) is 11.5 Å². The van der Waals surface area contributed by atoms with E-state index in [1.807, 2.05) is 31.2 Å². The number of nitrogens with one attached hydrogen (secondary N) is 1. The molecule has 7 nitrogen and oxygen atoms in total. The average Bonchev–Trinajstić information content (AvgIpc) is 3.23. The molecule has 1 fully saturated rings. The van der Waals surface area contributed by atoms with E-state index in [1.165, 1.54) is 0 Å². The molecule has 0 unspecified atom stereocenters. The third kappa shape index (κ3) is 6.02. The summed E-state index contributed by atoms with van der Waals surface area (Å²) in [4.78, 5) is 38.6. The van der Waals surface area contributed by atoms with Crippen LogP contribution in [0.5, 0.6) is 11.5 Å². The van der Waals surface area contributed by atoms with Gasteiger partial charge in [0, 0.05) is 28.8 Å². The molecule has 34 heavy (non-hydrogen) atoms. The topological polar surface area (TPSA) is 84.9 Å². The molecule has 8 heteroatoms. The number of benzene rings is 3. The fourth-order valence-corrected chi connectivity index (χ4v) is 3.80. The molecule has 0 bridgehead atoms. The fraction of sp³-hybridized carbons (Fsp3) is 0.192. The zero-order chi connectivity index (χ0) is 24.1. The van der Waals surface area contributed by atoms with Gasteiger partial charge in [0.05, 0.1) is 5.92 Å². The van der Waals surface area contributed by atoms with Crippen LogP contribution >= 0.6 is 15.9 Å². The van der Waals surface area contributed by atoms with E-state index in [0.29, 0.717) is 17.1 Å². The number of hydrogen-bond donors (Lipinski definition) is 1. The van der Waals surface area contributed by atoms with E-state index in [0.717, 1.165) is 15.8 Å². The number of nitrogens with zero attached hydrogens (tertiary/aromatic N) is 1. The van der Waals surface area contributed by atoms with Crippen LogP contribution < -0.4 is 15.0 Å². The zero-order valence-electron chi connectivity index (χ0n) is 18.5. The molecule has 1 saturated heterocycles. The zero-order valence-corrected chi connectivity index (χ0v) is 20.1. The number of amides is 2. The molecule has 3 aromatic carbocycles. The molecule has 4 rings (SSSR count). The molecule has 1 heterocycles. The summed E-state index contributed by atoms with van der Waals surface area (Å²) in [5.74, 6) is -0.443. The Hall–Kier alpha value is -3.65. The lowest BCUT2D eigenvalue weighted by atomic mass is 10.1. The van der Waals surface area contributed by atoms with E-state index in [-0.39, 0.29) is 18.9 Å². The first-order chi connectivity index (χ1) is 16.4. The van der Waals surface area contributed by atoms with E-state index < -0.39 is 24.4 Å². The van der Waals surface area contributed by atoms with Crippen LogP contribution in [0.3, 0.4) is 0 Å². The molecule has 0 radical (unpaired) electrons. The lowest BCUT2D eigenvalue weighted by Gasteiger charge is -2.17. The van der Waals surface area contributed by atoms with Gasteiger partial charge in [-0.25, -0.2) is 0 Å². The van der Waals surface area contributed by atoms with E-state index in [9.17, 15) is 14.4 Å². The van der Waals surface area contributed by atoms with Crippen molar-refractivity contribution >= 4 is 45.1 Å². The normalized spacial score (nSPS) is 15.2. The van der Waals surface area contributed by atoms with Crippen LogP contribution in [0.1, 0.15) is 12.0 Å². The molecule has 0 saturated carbocycles. The van der Waals surface area contributed by atoms with E-state index in [1.54, 1.807) is 53.4 Å². The maximum absolute atomic E-state index is 12.5. The number of esters is 1. The molecular formula is C26H23BrN2O5. The van der Waals surface area contributed by atoms with Crippen LogP contribution in [0.2, 0.25) is 0 Å². The van der Waals surface area contributed by atoms with Gasteiger partial charge >= 0.3 is 5.97 Å². The molecular weight excluding hydrogens is 500 g/mol. The first-order valence-electron chi connectivity index (χ1n) is 10.7. The van der Waals surface area contributed by atoms with Crippen molar-refractivity contribution in [2.24, 2.45) is 5.92 Å². The Kier molecular flexibility index (Phi) is 7.27. The van der Waals surface area contributed by atoms with Gasteiger partial charge in [-0.15, -0.1) is 0 Å². The van der Waals surface area contributed by atoms with E-state index in [2.05, 4.69) is 21.2 Å². The lowest BCUT2D eigenvalue weighted by molar-refractivity contribution is -0.151. The molecule has 1 atom stereocenters. The van der Waals surface area contributed by atoms with Gasteiger partial charge in [-0.2, -0.15) is 0 Å². The third-order valence-electron chi connectivity index (χ3n) is 5.34. The second kappa shape index (κ2) is 10.5. The molecule has 174 valence electrons. The van der Waals surface area contributed by atoms with Gasteiger partial charge in [0.25, 0.3) is 5.91 Å². The molecule has 1 aliphatic rings. The van der Waals surface area contributed by atoms with Gasteiger partial charge in [0.2, 0.25) is 5.91 Å². The fourth-order valence-electron chi connectivity index (χ4n) is 3.54. The summed E-state index contributed by atoms with van der Waals surface area (Å²) in [5.41, 5.74) is 2.42. The van der Waals surface area contributed by atoms with Gasteiger partial charge < -0.3 is 19.7 Å². The minimum atomic E-state index is -0.628. The van der Waals surface area contributed by atoms with Crippen molar-refractivity contribution in [2.75, 3.05) is 23.4 Å². The number of anilines is 2. The van der Waals surface area contributed by atoms with Crippen LogP contribution in [0, 0.1) is 12.8 Å². The van der Waals surface area contributed by atoms with Crippen molar-refractivity contribution in [3.05, 3.63) is 82.8 Å². The predicted molar refractivity (Wildman–Crippen MR) is 132 cm³/mol. The standard InChI is InChI=1S/C26H23BrN2O5/c1-17-2-10-22(11-3-17)34-23-12-8-21(9-13-23)29-15-18(14-25(29)31)26(32)33-16-24(30)28-20-6-4-19(27)5-7-20/h2-13,18H,14-16H2,1H3,(H,28,30)/t18-/m0/s1. The highest BCUT2D eigenvalue weighted by Crippen LogP contribution is 2.29. The molecule has 0 spiro atoms. The average molecular weight is 523 g/mol. The third-order valence-corrected chi connectivity index (χ3v) is 5.87. The molecule has 1 N–H and O–H groups in total. The van der Waals surface area contributed by atoms with E-state index >= 15 is 0 Å². The Balaban J connectivity index is 1.28. The highest BCUT2D eigenvalue weighted by atomic mass is 79.9. The van der Waals surface area contributed by atoms with Crippen LogP contribution in [0.25, 0.3) is 0 Å². The van der Waals surface area contributed by atoms with Crippen LogP contribution in [0.15, 0.2) is 77.3 Å². The van der Waals surface area contributed by atoms with Crippen molar-refractivity contribution < 1.29 is 23.9 Å². The summed E-state index contributed by atoms with van der Waals surface area (Å²) < 4.78 is 11.9. The van der Waals surface area contributed by atoms with E-state index in [4.69, 9.17) is 9.47 Å². The quantitative estimate of drug-likeness (QED) is 0.437. The molecule has 2 amide bonds. The number of rotatable bonds is 7. The Bertz CT molecular complexity index is 1180. The smallest absolute Gasteiger partial charge is 0.311 e. The van der Waals surface area contributed by atoms with Crippen LogP contribution in [-0.4, -0.2) is 30.9 Å². The summed E-state index contributed by atoms with van der Waals surface area (Å²) in [7, 11) is 0. The van der Waals surface area contributed by atoms with Gasteiger partial charge in [-0.1, -0.05) is 33.6 Å². The number of carbonyl (C=O) groups excluding carboxylic acids is 3. The SMILES string of the molecule is Cc1ccc(Oc2ccc(N3C[C@@H](C(=O)OCC(=O)Nc4ccc(Br)cc4)CC3=O)cc2)cc1. The Morgan fingerprint density at radius 1 is 0.971 bits per heavy atom. The number of hydrogen-bond acceptors (Lipinski definition) is 5. The largest absolute Gasteiger partial charge is 0.457 e. The summed E-state index contributed by atoms with van der Waals surface area (Å²) in [6, 6.07) is 21.9. The van der Waals surface area contributed by atoms with Crippen molar-refractivity contribution in [3.63, 3.8) is 0 Å². The van der Waals surface area contributed by atoms with Crippen LogP contribution in [0.4, 0.5) is 11.4 Å². The second-order valence-corrected chi connectivity index (χ2v) is 8.89. The molecule has 3 aromatic rings. The molecule has 0 aliphatic carbocycles. The van der Waals surface area contributed by atoms with Crippen LogP contribution in [-0.2, 0) is 19.1 Å². The van der Waals surface area contributed by atoms with Gasteiger partial charge in [0.15, 0.2) is 6.61 Å². The van der Waals surface area contributed by atoms with Crippen molar-refractivity contribution in [2.45, 2.75) is 13.3 Å². The monoisotopic (exact) mass is 522 g/mol. The van der Waals surface area contributed by atoms with Crippen molar-refractivity contribution in [1.82, 2.24) is 0 Å². The Labute approximate surface area is 205 Å². The summed E-state index contributed by atoms with van der Waals surface area (Å²) in [5, 5.41) is 2.66.